The van der Waals surface area contributed by atoms with Crippen molar-refractivity contribution in [3.63, 3.8) is 0 Å². The SMILES string of the molecule is CC(N)c1cncn1C1CCCOC1. The summed E-state index contributed by atoms with van der Waals surface area (Å²) in [6, 6.07) is 0.465. The van der Waals surface area contributed by atoms with Crippen LogP contribution in [0.4, 0.5) is 0 Å². The predicted molar refractivity (Wildman–Crippen MR) is 53.9 cm³/mol. The van der Waals surface area contributed by atoms with E-state index >= 15 is 0 Å². The van der Waals surface area contributed by atoms with Crippen molar-refractivity contribution >= 4 is 0 Å². The van der Waals surface area contributed by atoms with Crippen LogP contribution in [-0.4, -0.2) is 22.8 Å². The van der Waals surface area contributed by atoms with Gasteiger partial charge in [0.15, 0.2) is 0 Å². The Bertz CT molecular complexity index is 289. The number of hydrogen-bond donors (Lipinski definition) is 1. The highest BCUT2D eigenvalue weighted by Gasteiger charge is 2.18. The Morgan fingerprint density at radius 3 is 3.21 bits per heavy atom. The van der Waals surface area contributed by atoms with Gasteiger partial charge < -0.3 is 15.0 Å². The first kappa shape index (κ1) is 9.68. The van der Waals surface area contributed by atoms with Crippen molar-refractivity contribution in [1.29, 1.82) is 0 Å². The molecule has 1 fully saturated rings. The van der Waals surface area contributed by atoms with Gasteiger partial charge in [-0.1, -0.05) is 0 Å². The molecule has 0 bridgehead atoms. The largest absolute Gasteiger partial charge is 0.379 e. The molecule has 0 aromatic carbocycles. The monoisotopic (exact) mass is 195 g/mol. The Kier molecular flexibility index (Phi) is 2.84. The third-order valence-electron chi connectivity index (χ3n) is 2.69. The lowest BCUT2D eigenvalue weighted by Crippen LogP contribution is -2.24. The van der Waals surface area contributed by atoms with E-state index in [-0.39, 0.29) is 6.04 Å². The second-order valence-corrected chi connectivity index (χ2v) is 3.89. The summed E-state index contributed by atoms with van der Waals surface area (Å²) in [5.74, 6) is 0. The Morgan fingerprint density at radius 2 is 2.57 bits per heavy atom. The van der Waals surface area contributed by atoms with Crippen molar-refractivity contribution in [3.8, 4) is 0 Å². The highest BCUT2D eigenvalue weighted by Crippen LogP contribution is 2.22. The third-order valence-corrected chi connectivity index (χ3v) is 2.69. The molecule has 2 heterocycles. The zero-order chi connectivity index (χ0) is 9.97. The average molecular weight is 195 g/mol. The third kappa shape index (κ3) is 1.81. The molecule has 1 aromatic rings. The van der Waals surface area contributed by atoms with Crippen LogP contribution in [0.1, 0.15) is 37.5 Å². The van der Waals surface area contributed by atoms with Crippen LogP contribution in [0.3, 0.4) is 0 Å². The van der Waals surface area contributed by atoms with Crippen LogP contribution in [0.5, 0.6) is 0 Å². The van der Waals surface area contributed by atoms with Gasteiger partial charge in [0.1, 0.15) is 0 Å². The van der Waals surface area contributed by atoms with Gasteiger partial charge in [0.05, 0.1) is 24.7 Å². The highest BCUT2D eigenvalue weighted by atomic mass is 16.5. The minimum absolute atomic E-state index is 0.0411. The lowest BCUT2D eigenvalue weighted by atomic mass is 10.1. The van der Waals surface area contributed by atoms with Gasteiger partial charge in [-0.3, -0.25) is 0 Å². The van der Waals surface area contributed by atoms with E-state index in [9.17, 15) is 0 Å². The molecule has 2 rings (SSSR count). The molecular formula is C10H17N3O. The van der Waals surface area contributed by atoms with E-state index in [1.165, 1.54) is 0 Å². The molecule has 1 aliphatic rings. The summed E-state index contributed by atoms with van der Waals surface area (Å²) in [5, 5.41) is 0. The zero-order valence-electron chi connectivity index (χ0n) is 8.52. The van der Waals surface area contributed by atoms with E-state index in [1.807, 2.05) is 19.4 Å². The van der Waals surface area contributed by atoms with E-state index in [0.717, 1.165) is 31.7 Å². The molecule has 2 atom stereocenters. The number of nitrogens with two attached hydrogens (primary N) is 1. The summed E-state index contributed by atoms with van der Waals surface area (Å²) in [4.78, 5) is 4.15. The van der Waals surface area contributed by atoms with Crippen LogP contribution in [0, 0.1) is 0 Å². The molecule has 1 aliphatic heterocycles. The fraction of sp³-hybridized carbons (Fsp3) is 0.700. The topological polar surface area (TPSA) is 53.1 Å². The Morgan fingerprint density at radius 1 is 1.71 bits per heavy atom. The van der Waals surface area contributed by atoms with Crippen molar-refractivity contribution in [3.05, 3.63) is 18.2 Å². The number of aromatic nitrogens is 2. The summed E-state index contributed by atoms with van der Waals surface area (Å²) in [5.41, 5.74) is 6.96. The Hall–Kier alpha value is -0.870. The summed E-state index contributed by atoms with van der Waals surface area (Å²) in [6.45, 7) is 3.66. The molecule has 0 radical (unpaired) electrons. The predicted octanol–water partition coefficient (Wildman–Crippen LogP) is 1.25. The minimum atomic E-state index is 0.0411. The van der Waals surface area contributed by atoms with Crippen molar-refractivity contribution in [2.24, 2.45) is 5.73 Å². The van der Waals surface area contributed by atoms with Crippen LogP contribution in [0.15, 0.2) is 12.5 Å². The zero-order valence-corrected chi connectivity index (χ0v) is 8.52. The highest BCUT2D eigenvalue weighted by molar-refractivity contribution is 5.05. The first-order valence-corrected chi connectivity index (χ1v) is 5.14. The maximum atomic E-state index is 5.86. The van der Waals surface area contributed by atoms with Crippen LogP contribution in [-0.2, 0) is 4.74 Å². The van der Waals surface area contributed by atoms with Crippen LogP contribution >= 0.6 is 0 Å². The van der Waals surface area contributed by atoms with E-state index in [1.54, 1.807) is 0 Å². The number of imidazole rings is 1. The smallest absolute Gasteiger partial charge is 0.0952 e. The molecule has 2 unspecified atom stereocenters. The molecule has 0 spiro atoms. The normalized spacial score (nSPS) is 24.9. The van der Waals surface area contributed by atoms with Crippen LogP contribution in [0.2, 0.25) is 0 Å². The molecule has 0 saturated carbocycles. The molecule has 0 amide bonds. The van der Waals surface area contributed by atoms with Gasteiger partial charge in [0, 0.05) is 18.8 Å². The Labute approximate surface area is 84.1 Å². The lowest BCUT2D eigenvalue weighted by molar-refractivity contribution is 0.0580. The molecule has 0 aliphatic carbocycles. The van der Waals surface area contributed by atoms with Gasteiger partial charge in [-0.15, -0.1) is 0 Å². The summed E-state index contributed by atoms with van der Waals surface area (Å²) >= 11 is 0. The number of nitrogens with zero attached hydrogens (tertiary/aromatic N) is 2. The van der Waals surface area contributed by atoms with Crippen molar-refractivity contribution in [2.45, 2.75) is 31.8 Å². The summed E-state index contributed by atoms with van der Waals surface area (Å²) < 4.78 is 7.61. The number of hydrogen-bond acceptors (Lipinski definition) is 3. The fourth-order valence-corrected chi connectivity index (χ4v) is 1.92. The number of ether oxygens (including phenoxy) is 1. The molecule has 4 nitrogen and oxygen atoms in total. The summed E-state index contributed by atoms with van der Waals surface area (Å²) in [7, 11) is 0. The van der Waals surface area contributed by atoms with Crippen LogP contribution in [0.25, 0.3) is 0 Å². The van der Waals surface area contributed by atoms with E-state index < -0.39 is 0 Å². The van der Waals surface area contributed by atoms with Crippen molar-refractivity contribution in [1.82, 2.24) is 9.55 Å². The second-order valence-electron chi connectivity index (χ2n) is 3.89. The maximum absolute atomic E-state index is 5.86. The molecule has 78 valence electrons. The van der Waals surface area contributed by atoms with E-state index in [4.69, 9.17) is 10.5 Å². The summed E-state index contributed by atoms with van der Waals surface area (Å²) in [6.07, 6.45) is 5.99. The quantitative estimate of drug-likeness (QED) is 0.772. The van der Waals surface area contributed by atoms with Gasteiger partial charge in [0.2, 0.25) is 0 Å². The molecule has 2 N–H and O–H groups in total. The van der Waals surface area contributed by atoms with Gasteiger partial charge in [-0.2, -0.15) is 0 Å². The van der Waals surface area contributed by atoms with Crippen LogP contribution < -0.4 is 5.73 Å². The molecule has 14 heavy (non-hydrogen) atoms. The van der Waals surface area contributed by atoms with E-state index in [2.05, 4.69) is 9.55 Å². The van der Waals surface area contributed by atoms with E-state index in [0.29, 0.717) is 6.04 Å². The fourth-order valence-electron chi connectivity index (χ4n) is 1.92. The first-order chi connectivity index (χ1) is 6.79. The van der Waals surface area contributed by atoms with Crippen molar-refractivity contribution < 1.29 is 4.74 Å². The second kappa shape index (κ2) is 4.11. The molecular weight excluding hydrogens is 178 g/mol. The first-order valence-electron chi connectivity index (χ1n) is 5.14. The van der Waals surface area contributed by atoms with Gasteiger partial charge >= 0.3 is 0 Å². The maximum Gasteiger partial charge on any atom is 0.0952 e. The molecule has 1 saturated heterocycles. The Balaban J connectivity index is 2.17. The van der Waals surface area contributed by atoms with Gasteiger partial charge in [-0.05, 0) is 19.8 Å². The minimum Gasteiger partial charge on any atom is -0.379 e. The molecule has 4 heteroatoms. The van der Waals surface area contributed by atoms with Gasteiger partial charge in [-0.25, -0.2) is 4.98 Å². The average Bonchev–Trinajstić information content (AvgIpc) is 2.67. The van der Waals surface area contributed by atoms with Gasteiger partial charge in [0.25, 0.3) is 0 Å². The van der Waals surface area contributed by atoms with Crippen molar-refractivity contribution in [2.75, 3.05) is 13.2 Å². The lowest BCUT2D eigenvalue weighted by Gasteiger charge is -2.25. The number of rotatable bonds is 2. The standard InChI is InChI=1S/C10H17N3O/c1-8(11)10-5-12-7-13(10)9-3-2-4-14-6-9/h5,7-9H,2-4,6,11H2,1H3. The molecule has 1 aromatic heterocycles.